The molecule has 0 fully saturated rings. The number of nitrogens with zero attached hydrogens (tertiary/aromatic N) is 2. The number of benzene rings is 2. The van der Waals surface area contributed by atoms with Crippen molar-refractivity contribution in [2.24, 2.45) is 0 Å². The Morgan fingerprint density at radius 1 is 1.09 bits per heavy atom. The number of aliphatic hydroxyl groups is 1. The molecule has 3 aromatic rings. The van der Waals surface area contributed by atoms with Crippen LogP contribution in [0.15, 0.2) is 59.1 Å². The topological polar surface area (TPSA) is 71.2 Å². The van der Waals surface area contributed by atoms with Gasteiger partial charge in [0, 0.05) is 12.1 Å². The first-order chi connectivity index (χ1) is 10.7. The summed E-state index contributed by atoms with van der Waals surface area (Å²) in [4.78, 5) is 4.26. The van der Waals surface area contributed by atoms with Crippen LogP contribution in [0, 0.1) is 6.92 Å². The van der Waals surface area contributed by atoms with Gasteiger partial charge in [-0.3, -0.25) is 0 Å². The molecule has 0 bridgehead atoms. The normalized spacial score (nSPS) is 12.1. The lowest BCUT2D eigenvalue weighted by atomic mass is 10.1. The number of aliphatic hydroxyl groups excluding tert-OH is 1. The van der Waals surface area contributed by atoms with Crippen LogP contribution in [0.1, 0.15) is 17.2 Å². The molecule has 0 amide bonds. The van der Waals surface area contributed by atoms with Crippen molar-refractivity contribution in [1.82, 2.24) is 10.1 Å². The van der Waals surface area contributed by atoms with Gasteiger partial charge < -0.3 is 14.9 Å². The second kappa shape index (κ2) is 6.41. The minimum absolute atomic E-state index is 0.316. The molecule has 3 rings (SSSR count). The van der Waals surface area contributed by atoms with Gasteiger partial charge in [0.2, 0.25) is 0 Å². The van der Waals surface area contributed by atoms with Crippen LogP contribution in [0.25, 0.3) is 11.5 Å². The molecule has 0 aliphatic heterocycles. The van der Waals surface area contributed by atoms with Crippen LogP contribution in [-0.2, 0) is 0 Å². The summed E-state index contributed by atoms with van der Waals surface area (Å²) in [5.74, 6) is 0.818. The van der Waals surface area contributed by atoms with Gasteiger partial charge in [-0.2, -0.15) is 4.98 Å². The highest BCUT2D eigenvalue weighted by molar-refractivity contribution is 5.53. The summed E-state index contributed by atoms with van der Waals surface area (Å²) in [6, 6.07) is 17.3. The van der Waals surface area contributed by atoms with Crippen molar-refractivity contribution in [3.63, 3.8) is 0 Å². The highest BCUT2D eigenvalue weighted by Crippen LogP contribution is 2.19. The third kappa shape index (κ3) is 3.32. The Hall–Kier alpha value is -2.66. The van der Waals surface area contributed by atoms with E-state index in [2.05, 4.69) is 15.5 Å². The molecule has 22 heavy (non-hydrogen) atoms. The number of aryl methyl sites for hydroxylation is 1. The van der Waals surface area contributed by atoms with E-state index < -0.39 is 6.10 Å². The maximum Gasteiger partial charge on any atom is 0.263 e. The molecular weight excluding hydrogens is 278 g/mol. The van der Waals surface area contributed by atoms with E-state index in [9.17, 15) is 5.11 Å². The molecule has 1 aromatic heterocycles. The van der Waals surface area contributed by atoms with Gasteiger partial charge >= 0.3 is 0 Å². The lowest BCUT2D eigenvalue weighted by Gasteiger charge is -2.11. The van der Waals surface area contributed by atoms with Crippen LogP contribution >= 0.6 is 0 Å². The highest BCUT2D eigenvalue weighted by atomic mass is 16.5. The summed E-state index contributed by atoms with van der Waals surface area (Å²) < 4.78 is 5.20. The summed E-state index contributed by atoms with van der Waals surface area (Å²) in [6.45, 7) is 2.33. The van der Waals surface area contributed by atoms with Gasteiger partial charge in [0.15, 0.2) is 0 Å². The minimum atomic E-state index is -0.626. The predicted octanol–water partition coefficient (Wildman–Crippen LogP) is 3.19. The lowest BCUT2D eigenvalue weighted by molar-refractivity contribution is 0.191. The Bertz CT molecular complexity index is 723. The fourth-order valence-electron chi connectivity index (χ4n) is 2.09. The van der Waals surface area contributed by atoms with Crippen molar-refractivity contribution >= 4 is 5.95 Å². The summed E-state index contributed by atoms with van der Waals surface area (Å²) in [5.41, 5.74) is 2.88. The zero-order valence-electron chi connectivity index (χ0n) is 12.2. The number of anilines is 1. The van der Waals surface area contributed by atoms with E-state index in [1.807, 2.05) is 61.5 Å². The number of nitrogens with one attached hydrogen (secondary N) is 1. The SMILES string of the molecule is Cc1ccc(C(O)CNc2noc(-c3ccccc3)n2)cc1. The van der Waals surface area contributed by atoms with Gasteiger partial charge in [0.05, 0.1) is 6.10 Å². The molecule has 1 unspecified atom stereocenters. The van der Waals surface area contributed by atoms with E-state index in [4.69, 9.17) is 4.52 Å². The molecule has 0 spiro atoms. The van der Waals surface area contributed by atoms with E-state index in [0.29, 0.717) is 18.4 Å². The number of hydrogen-bond donors (Lipinski definition) is 2. The molecule has 2 N–H and O–H groups in total. The van der Waals surface area contributed by atoms with Crippen LogP contribution in [0.5, 0.6) is 0 Å². The molecule has 1 atom stereocenters. The molecule has 0 aliphatic rings. The van der Waals surface area contributed by atoms with Gasteiger partial charge in [0.25, 0.3) is 11.8 Å². The Balaban J connectivity index is 1.62. The van der Waals surface area contributed by atoms with Gasteiger partial charge in [-0.25, -0.2) is 0 Å². The van der Waals surface area contributed by atoms with Crippen LogP contribution < -0.4 is 5.32 Å². The highest BCUT2D eigenvalue weighted by Gasteiger charge is 2.11. The van der Waals surface area contributed by atoms with E-state index >= 15 is 0 Å². The van der Waals surface area contributed by atoms with Crippen molar-refractivity contribution in [2.75, 3.05) is 11.9 Å². The molecule has 5 heteroatoms. The fraction of sp³-hybridized carbons (Fsp3) is 0.176. The van der Waals surface area contributed by atoms with E-state index in [1.165, 1.54) is 0 Å². The van der Waals surface area contributed by atoms with Crippen molar-refractivity contribution in [2.45, 2.75) is 13.0 Å². The lowest BCUT2D eigenvalue weighted by Crippen LogP contribution is -2.12. The molecule has 0 saturated carbocycles. The Morgan fingerprint density at radius 2 is 1.82 bits per heavy atom. The summed E-state index contributed by atoms with van der Waals surface area (Å²) in [6.07, 6.45) is -0.626. The molecule has 1 heterocycles. The fourth-order valence-corrected chi connectivity index (χ4v) is 2.09. The summed E-state index contributed by atoms with van der Waals surface area (Å²) >= 11 is 0. The number of aromatic nitrogens is 2. The molecular formula is C17H17N3O2. The molecule has 2 aromatic carbocycles. The van der Waals surface area contributed by atoms with Crippen molar-refractivity contribution < 1.29 is 9.63 Å². The maximum absolute atomic E-state index is 10.1. The largest absolute Gasteiger partial charge is 0.387 e. The summed E-state index contributed by atoms with van der Waals surface area (Å²) in [7, 11) is 0. The molecule has 0 aliphatic carbocycles. The standard InChI is InChI=1S/C17H17N3O2/c1-12-7-9-13(10-8-12)15(21)11-18-17-19-16(22-20-17)14-5-3-2-4-6-14/h2-10,15,21H,11H2,1H3,(H,18,20). The number of hydrogen-bond acceptors (Lipinski definition) is 5. The first-order valence-corrected chi connectivity index (χ1v) is 7.10. The van der Waals surface area contributed by atoms with Crippen molar-refractivity contribution in [1.29, 1.82) is 0 Å². The summed E-state index contributed by atoms with van der Waals surface area (Å²) in [5, 5.41) is 17.0. The first-order valence-electron chi connectivity index (χ1n) is 7.10. The average Bonchev–Trinajstić information content (AvgIpc) is 3.03. The van der Waals surface area contributed by atoms with Crippen molar-refractivity contribution in [3.8, 4) is 11.5 Å². The molecule has 0 saturated heterocycles. The second-order valence-electron chi connectivity index (χ2n) is 5.10. The van der Waals surface area contributed by atoms with Gasteiger partial charge in [-0.15, -0.1) is 0 Å². The van der Waals surface area contributed by atoms with Crippen LogP contribution in [0.2, 0.25) is 0 Å². The minimum Gasteiger partial charge on any atom is -0.387 e. The Kier molecular flexibility index (Phi) is 4.16. The van der Waals surface area contributed by atoms with Gasteiger partial charge in [0.1, 0.15) is 0 Å². The Morgan fingerprint density at radius 3 is 2.55 bits per heavy atom. The van der Waals surface area contributed by atoms with Crippen LogP contribution in [0.3, 0.4) is 0 Å². The van der Waals surface area contributed by atoms with Crippen molar-refractivity contribution in [3.05, 3.63) is 65.7 Å². The zero-order valence-corrected chi connectivity index (χ0v) is 12.2. The van der Waals surface area contributed by atoms with E-state index in [0.717, 1.165) is 16.7 Å². The smallest absolute Gasteiger partial charge is 0.263 e. The third-order valence-electron chi connectivity index (χ3n) is 3.36. The molecule has 5 nitrogen and oxygen atoms in total. The third-order valence-corrected chi connectivity index (χ3v) is 3.36. The monoisotopic (exact) mass is 295 g/mol. The molecule has 0 radical (unpaired) electrons. The Labute approximate surface area is 128 Å². The van der Waals surface area contributed by atoms with Gasteiger partial charge in [-0.05, 0) is 29.8 Å². The van der Waals surface area contributed by atoms with E-state index in [-0.39, 0.29) is 0 Å². The maximum atomic E-state index is 10.1. The second-order valence-corrected chi connectivity index (χ2v) is 5.10. The predicted molar refractivity (Wildman–Crippen MR) is 84.4 cm³/mol. The van der Waals surface area contributed by atoms with Crippen LogP contribution in [0.4, 0.5) is 5.95 Å². The molecule has 112 valence electrons. The average molecular weight is 295 g/mol. The van der Waals surface area contributed by atoms with E-state index in [1.54, 1.807) is 0 Å². The first kappa shape index (κ1) is 14.3. The van der Waals surface area contributed by atoms with Crippen LogP contribution in [-0.4, -0.2) is 21.8 Å². The van der Waals surface area contributed by atoms with Gasteiger partial charge in [-0.1, -0.05) is 48.0 Å². The number of rotatable bonds is 5. The zero-order chi connectivity index (χ0) is 15.4. The quantitative estimate of drug-likeness (QED) is 0.756.